The number of H-pyrrole nitrogens is 1. The van der Waals surface area contributed by atoms with Crippen LogP contribution in [0.3, 0.4) is 0 Å². The fraction of sp³-hybridized carbons (Fsp3) is 0.524. The molecule has 1 aliphatic rings. The second-order valence-corrected chi connectivity index (χ2v) is 8.46. The average Bonchev–Trinajstić information content (AvgIpc) is 3.26. The van der Waals surface area contributed by atoms with E-state index in [1.165, 1.54) is 30.7 Å². The molecule has 0 saturated carbocycles. The number of carbonyl (C=O) groups is 2. The van der Waals surface area contributed by atoms with Gasteiger partial charge in [0.1, 0.15) is 29.1 Å². The molecule has 1 saturated heterocycles. The molecule has 2 aromatic rings. The van der Waals surface area contributed by atoms with Crippen LogP contribution in [-0.4, -0.2) is 62.9 Å². The van der Waals surface area contributed by atoms with Crippen LogP contribution in [0.4, 0.5) is 4.39 Å². The van der Waals surface area contributed by atoms with Gasteiger partial charge in [-0.3, -0.25) is 9.59 Å². The molecule has 1 fully saturated rings. The van der Waals surface area contributed by atoms with Gasteiger partial charge in [-0.15, -0.1) is 0 Å². The molecule has 0 spiro atoms. The highest BCUT2D eigenvalue weighted by atomic mass is 19.1. The summed E-state index contributed by atoms with van der Waals surface area (Å²) in [4.78, 5) is 36.3. The molecule has 2 amide bonds. The van der Waals surface area contributed by atoms with Crippen molar-refractivity contribution in [3.8, 4) is 6.07 Å². The van der Waals surface area contributed by atoms with Gasteiger partial charge in [-0.2, -0.15) is 5.26 Å². The van der Waals surface area contributed by atoms with Crippen LogP contribution in [0.15, 0.2) is 24.4 Å². The Balaban J connectivity index is 1.90. The number of pyridine rings is 1. The molecule has 3 heterocycles. The number of hydrogen-bond donors (Lipinski definition) is 1. The van der Waals surface area contributed by atoms with Gasteiger partial charge in [0.05, 0.1) is 6.07 Å². The van der Waals surface area contributed by atoms with Crippen LogP contribution in [0, 0.1) is 17.2 Å². The van der Waals surface area contributed by atoms with Crippen LogP contribution >= 0.6 is 0 Å². The summed E-state index contributed by atoms with van der Waals surface area (Å²) in [5.74, 6) is -0.633. The molecule has 7 nitrogen and oxygen atoms in total. The number of alkyl halides is 1. The zero-order valence-corrected chi connectivity index (χ0v) is 17.1. The summed E-state index contributed by atoms with van der Waals surface area (Å²) in [5, 5.41) is 10.2. The van der Waals surface area contributed by atoms with Crippen LogP contribution in [0.2, 0.25) is 0 Å². The number of hydrogen-bond acceptors (Lipinski definition) is 4. The Morgan fingerprint density at radius 1 is 1.52 bits per heavy atom. The second kappa shape index (κ2) is 7.82. The molecular formula is C21H26FN5O2. The van der Waals surface area contributed by atoms with Gasteiger partial charge in [-0.1, -0.05) is 6.92 Å². The molecule has 1 aliphatic heterocycles. The lowest BCUT2D eigenvalue weighted by atomic mass is 9.98. The topological polar surface area (TPSA) is 93.1 Å². The van der Waals surface area contributed by atoms with E-state index in [1.54, 1.807) is 18.3 Å². The number of carbonyl (C=O) groups excluding carboxylic acids is 2. The average molecular weight is 399 g/mol. The highest BCUT2D eigenvalue weighted by Gasteiger charge is 2.41. The molecule has 29 heavy (non-hydrogen) atoms. The third-order valence-electron chi connectivity index (χ3n) is 5.32. The molecule has 3 atom stereocenters. The van der Waals surface area contributed by atoms with Gasteiger partial charge in [0.2, 0.25) is 5.91 Å². The Kier molecular flexibility index (Phi) is 5.60. The molecule has 0 aliphatic carbocycles. The summed E-state index contributed by atoms with van der Waals surface area (Å²) in [6, 6.07) is 5.85. The number of halogens is 1. The van der Waals surface area contributed by atoms with Crippen LogP contribution in [0.5, 0.6) is 0 Å². The van der Waals surface area contributed by atoms with E-state index in [0.29, 0.717) is 18.6 Å². The fourth-order valence-electron chi connectivity index (χ4n) is 3.86. The quantitative estimate of drug-likeness (QED) is 0.837. The van der Waals surface area contributed by atoms with Crippen LogP contribution in [-0.2, 0) is 4.79 Å². The predicted molar refractivity (Wildman–Crippen MR) is 107 cm³/mol. The number of likely N-dealkylation sites (tertiary alicyclic amines) is 1. The first kappa shape index (κ1) is 20.8. The van der Waals surface area contributed by atoms with E-state index in [9.17, 15) is 19.2 Å². The summed E-state index contributed by atoms with van der Waals surface area (Å²) >= 11 is 0. The lowest BCUT2D eigenvalue weighted by Crippen LogP contribution is -2.52. The molecular weight excluding hydrogens is 373 g/mol. The van der Waals surface area contributed by atoms with Gasteiger partial charge in [0.15, 0.2) is 0 Å². The molecule has 3 unspecified atom stereocenters. The molecule has 154 valence electrons. The highest BCUT2D eigenvalue weighted by Crippen LogP contribution is 2.28. The molecule has 8 heteroatoms. The van der Waals surface area contributed by atoms with Crippen molar-refractivity contribution in [1.29, 1.82) is 5.26 Å². The first-order valence-corrected chi connectivity index (χ1v) is 9.70. The van der Waals surface area contributed by atoms with E-state index in [-0.39, 0.29) is 18.0 Å². The van der Waals surface area contributed by atoms with Gasteiger partial charge < -0.3 is 14.8 Å². The zero-order chi connectivity index (χ0) is 21.3. The van der Waals surface area contributed by atoms with Crippen LogP contribution < -0.4 is 0 Å². The van der Waals surface area contributed by atoms with E-state index < -0.39 is 29.6 Å². The van der Waals surface area contributed by atoms with Gasteiger partial charge in [-0.05, 0) is 44.4 Å². The summed E-state index contributed by atoms with van der Waals surface area (Å²) in [5.41, 5.74) is -0.817. The minimum Gasteiger partial charge on any atom is -0.335 e. The van der Waals surface area contributed by atoms with Crippen molar-refractivity contribution in [2.24, 2.45) is 5.92 Å². The third kappa shape index (κ3) is 4.39. The normalized spacial score (nSPS) is 20.5. The predicted octanol–water partition coefficient (Wildman–Crippen LogP) is 2.90. The lowest BCUT2D eigenvalue weighted by Gasteiger charge is -2.34. The highest BCUT2D eigenvalue weighted by molar-refractivity contribution is 5.99. The van der Waals surface area contributed by atoms with Crippen molar-refractivity contribution >= 4 is 22.8 Å². The summed E-state index contributed by atoms with van der Waals surface area (Å²) in [7, 11) is 1.50. The number of aromatic amines is 1. The minimum atomic E-state index is -1.66. The number of amides is 2. The van der Waals surface area contributed by atoms with E-state index in [4.69, 9.17) is 0 Å². The fourth-order valence-corrected chi connectivity index (χ4v) is 3.86. The van der Waals surface area contributed by atoms with Crippen molar-refractivity contribution < 1.29 is 14.0 Å². The largest absolute Gasteiger partial charge is 0.335 e. The third-order valence-corrected chi connectivity index (χ3v) is 5.32. The number of rotatable bonds is 5. The maximum atomic E-state index is 14.5. The Hall–Kier alpha value is -2.95. The van der Waals surface area contributed by atoms with E-state index in [2.05, 4.69) is 16.0 Å². The number of aromatic nitrogens is 2. The maximum absolute atomic E-state index is 14.5. The van der Waals surface area contributed by atoms with Gasteiger partial charge >= 0.3 is 0 Å². The van der Waals surface area contributed by atoms with Crippen molar-refractivity contribution in [3.05, 3.63) is 30.1 Å². The van der Waals surface area contributed by atoms with Crippen molar-refractivity contribution in [3.63, 3.8) is 0 Å². The van der Waals surface area contributed by atoms with Crippen molar-refractivity contribution in [2.75, 3.05) is 13.6 Å². The minimum absolute atomic E-state index is 0.157. The molecule has 0 radical (unpaired) electrons. The molecule has 2 aromatic heterocycles. The smallest absolute Gasteiger partial charge is 0.270 e. The molecule has 0 aromatic carbocycles. The number of fused-ring (bicyclic) bond motifs is 1. The lowest BCUT2D eigenvalue weighted by molar-refractivity contribution is -0.137. The van der Waals surface area contributed by atoms with Crippen LogP contribution in [0.25, 0.3) is 11.0 Å². The monoisotopic (exact) mass is 399 g/mol. The summed E-state index contributed by atoms with van der Waals surface area (Å²) in [6.07, 6.45) is 2.04. The van der Waals surface area contributed by atoms with Crippen molar-refractivity contribution in [2.45, 2.75) is 51.4 Å². The summed E-state index contributed by atoms with van der Waals surface area (Å²) in [6.45, 7) is 5.16. The van der Waals surface area contributed by atoms with E-state index in [1.807, 2.05) is 13.0 Å². The standard InChI is InChI=1S/C21H26FN5O2/c1-13-8-15(11-23)27(12-13)20(29)17(10-21(2,3)22)26(4)19(28)16-9-14-6-5-7-24-18(14)25-16/h5-7,9,13,15,17H,8,10,12H2,1-4H3,(H,24,25). The zero-order valence-electron chi connectivity index (χ0n) is 17.1. The first-order valence-electron chi connectivity index (χ1n) is 9.70. The molecule has 3 rings (SSSR count). The second-order valence-electron chi connectivity index (χ2n) is 8.46. The maximum Gasteiger partial charge on any atom is 0.270 e. The van der Waals surface area contributed by atoms with Gasteiger partial charge in [0, 0.05) is 31.6 Å². The SMILES string of the molecule is CC1CC(C#N)N(C(=O)C(CC(C)(C)F)N(C)C(=O)c2cc3cccnc3[nH]2)C1. The number of likely N-dealkylation sites (N-methyl/N-ethyl adjacent to an activating group) is 1. The Bertz CT molecular complexity index is 925. The number of nitrogens with zero attached hydrogens (tertiary/aromatic N) is 4. The number of nitrogens with one attached hydrogen (secondary N) is 1. The number of nitriles is 1. The van der Waals surface area contributed by atoms with Gasteiger partial charge in [0.25, 0.3) is 5.91 Å². The van der Waals surface area contributed by atoms with E-state index in [0.717, 1.165) is 5.39 Å². The Morgan fingerprint density at radius 3 is 2.86 bits per heavy atom. The molecule has 0 bridgehead atoms. The Morgan fingerprint density at radius 2 is 2.24 bits per heavy atom. The summed E-state index contributed by atoms with van der Waals surface area (Å²) < 4.78 is 14.5. The van der Waals surface area contributed by atoms with Crippen LogP contribution in [0.1, 0.15) is 44.1 Å². The van der Waals surface area contributed by atoms with E-state index >= 15 is 0 Å². The first-order chi connectivity index (χ1) is 13.6. The van der Waals surface area contributed by atoms with Gasteiger partial charge in [-0.25, -0.2) is 9.37 Å². The Labute approximate surface area is 169 Å². The van der Waals surface area contributed by atoms with Crippen molar-refractivity contribution in [1.82, 2.24) is 19.8 Å². The molecule has 1 N–H and O–H groups in total.